The molecule has 98 valence electrons. The molecular weight excluding hydrogens is 216 g/mol. The molecule has 1 saturated heterocycles. The van der Waals surface area contributed by atoms with Gasteiger partial charge in [0.1, 0.15) is 0 Å². The smallest absolute Gasteiger partial charge is 0.330 e. The minimum Gasteiger partial charge on any atom is -0.463 e. The van der Waals surface area contributed by atoms with E-state index in [1.54, 1.807) is 0 Å². The zero-order valence-corrected chi connectivity index (χ0v) is 10.9. The molecular formula is C13H24N2O2. The maximum absolute atomic E-state index is 11.0. The first-order chi connectivity index (χ1) is 8.26. The number of hydrogen-bond acceptors (Lipinski definition) is 4. The quantitative estimate of drug-likeness (QED) is 0.410. The van der Waals surface area contributed by atoms with Crippen molar-refractivity contribution in [2.45, 2.75) is 20.3 Å². The van der Waals surface area contributed by atoms with E-state index in [0.29, 0.717) is 6.61 Å². The number of carbonyl (C=O) groups is 1. The lowest BCUT2D eigenvalue weighted by Gasteiger charge is -2.13. The highest BCUT2D eigenvalue weighted by Gasteiger charge is 2.19. The minimum absolute atomic E-state index is 0.257. The Balaban J connectivity index is 2.03. The Kier molecular flexibility index (Phi) is 6.89. The molecule has 0 aromatic rings. The van der Waals surface area contributed by atoms with Gasteiger partial charge in [0.05, 0.1) is 6.61 Å². The second kappa shape index (κ2) is 8.25. The summed E-state index contributed by atoms with van der Waals surface area (Å²) in [7, 11) is 0. The van der Waals surface area contributed by atoms with Crippen LogP contribution < -0.4 is 5.32 Å². The molecule has 1 heterocycles. The molecule has 0 aliphatic carbocycles. The van der Waals surface area contributed by atoms with Gasteiger partial charge in [-0.25, -0.2) is 4.79 Å². The van der Waals surface area contributed by atoms with Gasteiger partial charge >= 0.3 is 5.97 Å². The molecule has 1 rings (SSSR count). The van der Waals surface area contributed by atoms with E-state index in [1.807, 2.05) is 13.0 Å². The van der Waals surface area contributed by atoms with Crippen LogP contribution in [0.1, 0.15) is 20.3 Å². The van der Waals surface area contributed by atoms with Gasteiger partial charge in [0.2, 0.25) is 0 Å². The van der Waals surface area contributed by atoms with Gasteiger partial charge in [-0.2, -0.15) is 0 Å². The fourth-order valence-corrected chi connectivity index (χ4v) is 2.08. The van der Waals surface area contributed by atoms with Crippen LogP contribution in [-0.4, -0.2) is 50.2 Å². The summed E-state index contributed by atoms with van der Waals surface area (Å²) in [6, 6.07) is 0. The monoisotopic (exact) mass is 240 g/mol. The maximum Gasteiger partial charge on any atom is 0.330 e. The first-order valence-electron chi connectivity index (χ1n) is 6.52. The lowest BCUT2D eigenvalue weighted by molar-refractivity contribution is -0.137. The first kappa shape index (κ1) is 14.2. The highest BCUT2D eigenvalue weighted by molar-refractivity contribution is 5.81. The summed E-state index contributed by atoms with van der Waals surface area (Å²) in [5.41, 5.74) is 0. The van der Waals surface area contributed by atoms with Gasteiger partial charge in [0, 0.05) is 19.2 Å². The fourth-order valence-electron chi connectivity index (χ4n) is 2.08. The van der Waals surface area contributed by atoms with Crippen LogP contribution in [-0.2, 0) is 9.53 Å². The lowest BCUT2D eigenvalue weighted by Crippen LogP contribution is -2.26. The summed E-state index contributed by atoms with van der Waals surface area (Å²) >= 11 is 0. The number of ether oxygens (including phenoxy) is 1. The van der Waals surface area contributed by atoms with Crippen molar-refractivity contribution in [1.29, 1.82) is 0 Å². The molecule has 0 bridgehead atoms. The van der Waals surface area contributed by atoms with Crippen molar-refractivity contribution >= 4 is 5.97 Å². The number of carbonyl (C=O) groups excluding carboxylic acids is 1. The predicted octanol–water partition coefficient (Wildman–Crippen LogP) is 1.04. The Hall–Kier alpha value is -0.870. The third-order valence-corrected chi connectivity index (χ3v) is 3.05. The van der Waals surface area contributed by atoms with Gasteiger partial charge in [0.15, 0.2) is 0 Å². The summed E-state index contributed by atoms with van der Waals surface area (Å²) in [5, 5.41) is 3.35. The van der Waals surface area contributed by atoms with Crippen LogP contribution >= 0.6 is 0 Å². The molecule has 1 aliphatic rings. The summed E-state index contributed by atoms with van der Waals surface area (Å²) in [6.45, 7) is 9.80. The second-order valence-electron chi connectivity index (χ2n) is 4.36. The average Bonchev–Trinajstić information content (AvgIpc) is 2.77. The molecule has 0 aromatic carbocycles. The number of esters is 1. The molecule has 17 heavy (non-hydrogen) atoms. The molecule has 1 aliphatic heterocycles. The van der Waals surface area contributed by atoms with Crippen molar-refractivity contribution in [3.05, 3.63) is 12.2 Å². The molecule has 0 amide bonds. The summed E-state index contributed by atoms with van der Waals surface area (Å²) in [5.74, 6) is 0.498. The van der Waals surface area contributed by atoms with Crippen LogP contribution in [0.25, 0.3) is 0 Å². The van der Waals surface area contributed by atoms with Gasteiger partial charge in [-0.05, 0) is 38.9 Å². The van der Waals surface area contributed by atoms with Crippen LogP contribution in [0.4, 0.5) is 0 Å². The number of nitrogens with zero attached hydrogens (tertiary/aromatic N) is 1. The van der Waals surface area contributed by atoms with Crippen LogP contribution in [0.5, 0.6) is 0 Å². The Morgan fingerprint density at radius 2 is 2.35 bits per heavy atom. The lowest BCUT2D eigenvalue weighted by atomic mass is 10.1. The zero-order valence-electron chi connectivity index (χ0n) is 10.9. The van der Waals surface area contributed by atoms with Gasteiger partial charge < -0.3 is 15.0 Å². The van der Waals surface area contributed by atoms with Gasteiger partial charge in [0.25, 0.3) is 0 Å². The van der Waals surface area contributed by atoms with E-state index < -0.39 is 0 Å². The predicted molar refractivity (Wildman–Crippen MR) is 68.9 cm³/mol. The van der Waals surface area contributed by atoms with Crippen LogP contribution in [0.3, 0.4) is 0 Å². The van der Waals surface area contributed by atoms with Crippen molar-refractivity contribution in [1.82, 2.24) is 10.2 Å². The summed E-state index contributed by atoms with van der Waals surface area (Å²) < 4.78 is 4.79. The molecule has 1 fully saturated rings. The molecule has 4 nitrogen and oxygen atoms in total. The maximum atomic E-state index is 11.0. The van der Waals surface area contributed by atoms with Crippen LogP contribution in [0.15, 0.2) is 12.2 Å². The number of hydrogen-bond donors (Lipinski definition) is 1. The van der Waals surface area contributed by atoms with E-state index in [2.05, 4.69) is 17.1 Å². The first-order valence-corrected chi connectivity index (χ1v) is 6.52. The minimum atomic E-state index is -0.257. The van der Waals surface area contributed by atoms with Gasteiger partial charge in [-0.1, -0.05) is 13.0 Å². The molecule has 0 spiro atoms. The molecule has 0 saturated carbocycles. The highest BCUT2D eigenvalue weighted by Crippen LogP contribution is 2.14. The highest BCUT2D eigenvalue weighted by atomic mass is 16.5. The van der Waals surface area contributed by atoms with Crippen LogP contribution in [0, 0.1) is 5.92 Å². The molecule has 1 unspecified atom stereocenters. The molecule has 0 radical (unpaired) electrons. The third-order valence-electron chi connectivity index (χ3n) is 3.05. The van der Waals surface area contributed by atoms with Crippen molar-refractivity contribution in [2.75, 3.05) is 39.3 Å². The van der Waals surface area contributed by atoms with Gasteiger partial charge in [-0.15, -0.1) is 0 Å². The normalized spacial score (nSPS) is 21.2. The Bertz CT molecular complexity index is 254. The Morgan fingerprint density at radius 3 is 3.00 bits per heavy atom. The largest absolute Gasteiger partial charge is 0.463 e. The van der Waals surface area contributed by atoms with E-state index in [1.165, 1.54) is 25.6 Å². The molecule has 1 atom stereocenters. The topological polar surface area (TPSA) is 41.6 Å². The number of nitrogens with one attached hydrogen (secondary N) is 1. The van der Waals surface area contributed by atoms with Crippen molar-refractivity contribution in [3.63, 3.8) is 0 Å². The molecule has 0 aromatic heterocycles. The zero-order chi connectivity index (χ0) is 12.5. The van der Waals surface area contributed by atoms with E-state index >= 15 is 0 Å². The second-order valence-corrected chi connectivity index (χ2v) is 4.36. The van der Waals surface area contributed by atoms with Crippen molar-refractivity contribution in [3.8, 4) is 0 Å². The van der Waals surface area contributed by atoms with Crippen LogP contribution in [0.2, 0.25) is 0 Å². The summed E-state index contributed by atoms with van der Waals surface area (Å²) in [4.78, 5) is 13.5. The SMILES string of the molecule is CCOC(=O)/C=C/CNCC1CCN(CC)C1. The average molecular weight is 240 g/mol. The summed E-state index contributed by atoms with van der Waals surface area (Å²) in [6.07, 6.45) is 4.59. The molecule has 1 N–H and O–H groups in total. The number of rotatable bonds is 7. The Morgan fingerprint density at radius 1 is 1.53 bits per heavy atom. The fraction of sp³-hybridized carbons (Fsp3) is 0.769. The van der Waals surface area contributed by atoms with E-state index in [9.17, 15) is 4.79 Å². The third kappa shape index (κ3) is 5.84. The molecule has 4 heteroatoms. The van der Waals surface area contributed by atoms with Gasteiger partial charge in [-0.3, -0.25) is 0 Å². The van der Waals surface area contributed by atoms with E-state index in [-0.39, 0.29) is 5.97 Å². The van der Waals surface area contributed by atoms with Crippen molar-refractivity contribution < 1.29 is 9.53 Å². The van der Waals surface area contributed by atoms with E-state index in [4.69, 9.17) is 4.74 Å². The number of likely N-dealkylation sites (tertiary alicyclic amines) is 1. The van der Waals surface area contributed by atoms with E-state index in [0.717, 1.165) is 25.6 Å². The Labute approximate surface area is 104 Å². The van der Waals surface area contributed by atoms with Crippen molar-refractivity contribution in [2.24, 2.45) is 5.92 Å². The standard InChI is InChI=1S/C13H24N2O2/c1-3-15-9-7-12(11-15)10-14-8-5-6-13(16)17-4-2/h5-6,12,14H,3-4,7-11H2,1-2H3/b6-5+.